The van der Waals surface area contributed by atoms with E-state index >= 15 is 0 Å². The Morgan fingerprint density at radius 2 is 2.39 bits per heavy atom. The van der Waals surface area contributed by atoms with Crippen LogP contribution in [0, 0.1) is 6.92 Å². The maximum absolute atomic E-state index is 12.0. The van der Waals surface area contributed by atoms with Gasteiger partial charge in [0.25, 0.3) is 5.91 Å². The van der Waals surface area contributed by atoms with Crippen LogP contribution in [0.3, 0.4) is 0 Å². The summed E-state index contributed by atoms with van der Waals surface area (Å²) in [5, 5.41) is 6.88. The quantitative estimate of drug-likeness (QED) is 0.755. The lowest BCUT2D eigenvalue weighted by Gasteiger charge is -2.23. The van der Waals surface area contributed by atoms with E-state index in [4.69, 9.17) is 15.2 Å². The highest BCUT2D eigenvalue weighted by Crippen LogP contribution is 2.14. The summed E-state index contributed by atoms with van der Waals surface area (Å²) < 4.78 is 12.2. The standard InChI is InChI=1S/C11H18N4O3/c1-7-9(12)10(15(2)14-7)11(16)13-5-8-6-17-3-4-18-8/h8H,3-6,12H2,1-2H3,(H,13,16). The summed E-state index contributed by atoms with van der Waals surface area (Å²) in [7, 11) is 1.69. The van der Waals surface area contributed by atoms with Gasteiger partial charge in [-0.15, -0.1) is 0 Å². The molecule has 1 fully saturated rings. The van der Waals surface area contributed by atoms with E-state index in [1.165, 1.54) is 4.68 Å². The van der Waals surface area contributed by atoms with Gasteiger partial charge < -0.3 is 20.5 Å². The first-order valence-corrected chi connectivity index (χ1v) is 5.86. The number of nitrogen functional groups attached to an aromatic ring is 1. The van der Waals surface area contributed by atoms with Gasteiger partial charge >= 0.3 is 0 Å². The van der Waals surface area contributed by atoms with Crippen LogP contribution in [0.2, 0.25) is 0 Å². The van der Waals surface area contributed by atoms with Crippen LogP contribution in [0.1, 0.15) is 16.2 Å². The molecule has 1 atom stereocenters. The van der Waals surface area contributed by atoms with E-state index < -0.39 is 0 Å². The van der Waals surface area contributed by atoms with Gasteiger partial charge in [0.15, 0.2) is 0 Å². The van der Waals surface area contributed by atoms with E-state index in [0.717, 1.165) is 0 Å². The van der Waals surface area contributed by atoms with Crippen molar-refractivity contribution in [3.63, 3.8) is 0 Å². The number of nitrogens with one attached hydrogen (secondary N) is 1. The molecular weight excluding hydrogens is 236 g/mol. The molecule has 1 aliphatic heterocycles. The van der Waals surface area contributed by atoms with Gasteiger partial charge in [0.05, 0.1) is 37.3 Å². The van der Waals surface area contributed by atoms with Crippen LogP contribution >= 0.6 is 0 Å². The third-order valence-corrected chi connectivity index (χ3v) is 2.86. The van der Waals surface area contributed by atoms with Crippen molar-refractivity contribution in [3.05, 3.63) is 11.4 Å². The summed E-state index contributed by atoms with van der Waals surface area (Å²) in [4.78, 5) is 12.0. The second-order valence-electron chi connectivity index (χ2n) is 4.25. The van der Waals surface area contributed by atoms with E-state index in [-0.39, 0.29) is 12.0 Å². The number of carbonyl (C=O) groups excluding carboxylic acids is 1. The lowest BCUT2D eigenvalue weighted by molar-refractivity contribution is -0.0855. The SMILES string of the molecule is Cc1nn(C)c(C(=O)NCC2COCCO2)c1N. The summed E-state index contributed by atoms with van der Waals surface area (Å²) in [6.45, 7) is 3.85. The minimum Gasteiger partial charge on any atom is -0.395 e. The molecule has 7 heteroatoms. The minimum atomic E-state index is -0.246. The van der Waals surface area contributed by atoms with Gasteiger partial charge in [-0.25, -0.2) is 0 Å². The molecule has 7 nitrogen and oxygen atoms in total. The van der Waals surface area contributed by atoms with Crippen molar-refractivity contribution >= 4 is 11.6 Å². The molecule has 1 unspecified atom stereocenters. The van der Waals surface area contributed by atoms with Gasteiger partial charge in [-0.2, -0.15) is 5.10 Å². The zero-order valence-electron chi connectivity index (χ0n) is 10.6. The first kappa shape index (κ1) is 12.8. The molecule has 1 aromatic heterocycles. The number of aromatic nitrogens is 2. The number of amides is 1. The number of ether oxygens (including phenoxy) is 2. The molecule has 0 radical (unpaired) electrons. The van der Waals surface area contributed by atoms with Crippen molar-refractivity contribution < 1.29 is 14.3 Å². The normalized spacial score (nSPS) is 19.8. The average Bonchev–Trinajstić information content (AvgIpc) is 2.62. The summed E-state index contributed by atoms with van der Waals surface area (Å²) in [5.74, 6) is -0.246. The highest BCUT2D eigenvalue weighted by atomic mass is 16.6. The lowest BCUT2D eigenvalue weighted by Crippen LogP contribution is -2.40. The van der Waals surface area contributed by atoms with Crippen LogP contribution in [-0.4, -0.2) is 48.2 Å². The fourth-order valence-corrected chi connectivity index (χ4v) is 1.89. The Labute approximate surface area is 105 Å². The Morgan fingerprint density at radius 3 is 2.94 bits per heavy atom. The Morgan fingerprint density at radius 1 is 1.61 bits per heavy atom. The van der Waals surface area contributed by atoms with Crippen molar-refractivity contribution in [2.45, 2.75) is 13.0 Å². The predicted octanol–water partition coefficient (Wildman–Crippen LogP) is -0.544. The van der Waals surface area contributed by atoms with Gasteiger partial charge in [-0.1, -0.05) is 0 Å². The maximum Gasteiger partial charge on any atom is 0.271 e. The number of nitrogens with two attached hydrogens (primary N) is 1. The Kier molecular flexibility index (Phi) is 3.83. The van der Waals surface area contributed by atoms with Crippen LogP contribution in [0.15, 0.2) is 0 Å². The Bertz CT molecular complexity index is 438. The van der Waals surface area contributed by atoms with E-state index in [0.29, 0.717) is 43.4 Å². The highest BCUT2D eigenvalue weighted by Gasteiger charge is 2.20. The molecule has 1 aliphatic rings. The maximum atomic E-state index is 12.0. The number of hydrogen-bond donors (Lipinski definition) is 2. The smallest absolute Gasteiger partial charge is 0.271 e. The first-order valence-electron chi connectivity index (χ1n) is 5.86. The van der Waals surface area contributed by atoms with Crippen molar-refractivity contribution in [2.75, 3.05) is 32.1 Å². The summed E-state index contributed by atoms with van der Waals surface area (Å²) in [5.41, 5.74) is 7.26. The van der Waals surface area contributed by atoms with Crippen molar-refractivity contribution in [1.82, 2.24) is 15.1 Å². The molecule has 0 bridgehead atoms. The molecule has 100 valence electrons. The second kappa shape index (κ2) is 5.36. The van der Waals surface area contributed by atoms with E-state index in [9.17, 15) is 4.79 Å². The molecule has 1 amide bonds. The van der Waals surface area contributed by atoms with E-state index in [2.05, 4.69) is 10.4 Å². The van der Waals surface area contributed by atoms with Crippen LogP contribution in [0.4, 0.5) is 5.69 Å². The molecule has 0 aromatic carbocycles. The summed E-state index contributed by atoms with van der Waals surface area (Å²) in [6, 6.07) is 0. The largest absolute Gasteiger partial charge is 0.395 e. The molecule has 0 aliphatic carbocycles. The fraction of sp³-hybridized carbons (Fsp3) is 0.636. The highest BCUT2D eigenvalue weighted by molar-refractivity contribution is 5.97. The predicted molar refractivity (Wildman–Crippen MR) is 65.2 cm³/mol. The van der Waals surface area contributed by atoms with E-state index in [1.807, 2.05) is 0 Å². The van der Waals surface area contributed by atoms with Gasteiger partial charge in [0.1, 0.15) is 5.69 Å². The van der Waals surface area contributed by atoms with Gasteiger partial charge in [-0.05, 0) is 6.92 Å². The number of hydrogen-bond acceptors (Lipinski definition) is 5. The molecule has 18 heavy (non-hydrogen) atoms. The van der Waals surface area contributed by atoms with Crippen molar-refractivity contribution in [1.29, 1.82) is 0 Å². The zero-order valence-corrected chi connectivity index (χ0v) is 10.6. The topological polar surface area (TPSA) is 91.4 Å². The molecule has 2 rings (SSSR count). The number of rotatable bonds is 3. The Hall–Kier alpha value is -1.60. The third kappa shape index (κ3) is 2.62. The van der Waals surface area contributed by atoms with Gasteiger partial charge in [0, 0.05) is 13.6 Å². The summed E-state index contributed by atoms with van der Waals surface area (Å²) in [6.07, 6.45) is -0.0988. The number of aryl methyl sites for hydroxylation is 2. The molecular formula is C11H18N4O3. The lowest BCUT2D eigenvalue weighted by atomic mass is 10.2. The van der Waals surface area contributed by atoms with Gasteiger partial charge in [0.2, 0.25) is 0 Å². The molecule has 1 aromatic rings. The fourth-order valence-electron chi connectivity index (χ4n) is 1.89. The molecule has 1 saturated heterocycles. The molecule has 3 N–H and O–H groups in total. The molecule has 2 heterocycles. The number of carbonyl (C=O) groups is 1. The zero-order chi connectivity index (χ0) is 13.1. The minimum absolute atomic E-state index is 0.0988. The Balaban J connectivity index is 1.95. The van der Waals surface area contributed by atoms with Crippen molar-refractivity contribution in [2.24, 2.45) is 7.05 Å². The van der Waals surface area contributed by atoms with Gasteiger partial charge in [-0.3, -0.25) is 9.48 Å². The van der Waals surface area contributed by atoms with Crippen LogP contribution in [0.5, 0.6) is 0 Å². The first-order chi connectivity index (χ1) is 8.59. The molecule has 0 saturated carbocycles. The number of anilines is 1. The van der Waals surface area contributed by atoms with Crippen LogP contribution < -0.4 is 11.1 Å². The number of nitrogens with zero attached hydrogens (tertiary/aromatic N) is 2. The summed E-state index contributed by atoms with van der Waals surface area (Å²) >= 11 is 0. The van der Waals surface area contributed by atoms with Crippen LogP contribution in [0.25, 0.3) is 0 Å². The van der Waals surface area contributed by atoms with E-state index in [1.54, 1.807) is 14.0 Å². The third-order valence-electron chi connectivity index (χ3n) is 2.86. The van der Waals surface area contributed by atoms with Crippen molar-refractivity contribution in [3.8, 4) is 0 Å². The average molecular weight is 254 g/mol. The van der Waals surface area contributed by atoms with Crippen LogP contribution in [-0.2, 0) is 16.5 Å². The monoisotopic (exact) mass is 254 g/mol. The molecule has 0 spiro atoms. The second-order valence-corrected chi connectivity index (χ2v) is 4.25.